The summed E-state index contributed by atoms with van der Waals surface area (Å²) in [6.07, 6.45) is 3.32. The van der Waals surface area contributed by atoms with Gasteiger partial charge in [-0.3, -0.25) is 0 Å². The molecule has 1 N–H and O–H groups in total. The number of ether oxygens (including phenoxy) is 1. The summed E-state index contributed by atoms with van der Waals surface area (Å²) in [5, 5.41) is 18.9. The summed E-state index contributed by atoms with van der Waals surface area (Å²) in [6.45, 7) is 3.79. The number of allylic oxidation sites excluding steroid dienone is 1. The van der Waals surface area contributed by atoms with Crippen molar-refractivity contribution in [1.29, 1.82) is 0 Å². The second-order valence-corrected chi connectivity index (χ2v) is 8.77. The van der Waals surface area contributed by atoms with E-state index in [0.29, 0.717) is 22.4 Å². The van der Waals surface area contributed by atoms with E-state index in [1.54, 1.807) is 18.2 Å². The van der Waals surface area contributed by atoms with Crippen molar-refractivity contribution in [1.82, 2.24) is 10.2 Å². The normalized spacial score (nSPS) is 14.6. The van der Waals surface area contributed by atoms with Crippen LogP contribution in [0.3, 0.4) is 0 Å². The Kier molecular flexibility index (Phi) is 5.88. The largest absolute Gasteiger partial charge is 0.507 e. The standard InChI is InChI=1S/C26H21FN2O3S/c1-2-3-16-4-10-23(30)22(12-16)18-7-11-24-19(13-18)14-21(31-24)15-33-26-29-28-25(32-26)17-5-8-20(27)9-6-17/h2,4-13,21,30H,1,3,14-15H2/t21-/m0/s1. The van der Waals surface area contributed by atoms with Gasteiger partial charge in [-0.15, -0.1) is 16.8 Å². The highest BCUT2D eigenvalue weighted by Crippen LogP contribution is 2.37. The molecule has 166 valence electrons. The molecule has 0 amide bonds. The highest BCUT2D eigenvalue weighted by molar-refractivity contribution is 7.99. The molecule has 1 aliphatic heterocycles. The highest BCUT2D eigenvalue weighted by atomic mass is 32.2. The smallest absolute Gasteiger partial charge is 0.276 e. The van der Waals surface area contributed by atoms with E-state index in [4.69, 9.17) is 9.15 Å². The fourth-order valence-corrected chi connectivity index (χ4v) is 4.58. The third-order valence-electron chi connectivity index (χ3n) is 5.44. The molecule has 0 radical (unpaired) electrons. The number of hydrogen-bond donors (Lipinski definition) is 1. The fourth-order valence-electron chi connectivity index (χ4n) is 3.83. The summed E-state index contributed by atoms with van der Waals surface area (Å²) < 4.78 is 24.9. The summed E-state index contributed by atoms with van der Waals surface area (Å²) in [5.41, 5.74) is 4.63. The van der Waals surface area contributed by atoms with Crippen LogP contribution in [-0.2, 0) is 12.8 Å². The van der Waals surface area contributed by atoms with Gasteiger partial charge in [-0.05, 0) is 71.6 Å². The Morgan fingerprint density at radius 3 is 2.70 bits per heavy atom. The van der Waals surface area contributed by atoms with Crippen LogP contribution in [0.25, 0.3) is 22.6 Å². The Bertz CT molecular complexity index is 1300. The topological polar surface area (TPSA) is 68.4 Å². The molecule has 1 aromatic heterocycles. The lowest BCUT2D eigenvalue weighted by atomic mass is 9.98. The molecule has 2 heterocycles. The number of thioether (sulfide) groups is 1. The quantitative estimate of drug-likeness (QED) is 0.267. The Balaban J connectivity index is 1.25. The summed E-state index contributed by atoms with van der Waals surface area (Å²) in [5.74, 6) is 1.80. The number of rotatable bonds is 7. The average molecular weight is 461 g/mol. The molecule has 0 bridgehead atoms. The van der Waals surface area contributed by atoms with Crippen molar-refractivity contribution in [2.45, 2.75) is 24.2 Å². The number of fused-ring (bicyclic) bond motifs is 1. The molecule has 3 aromatic carbocycles. The van der Waals surface area contributed by atoms with E-state index >= 15 is 0 Å². The van der Waals surface area contributed by atoms with Gasteiger partial charge < -0.3 is 14.3 Å². The maximum absolute atomic E-state index is 13.1. The minimum Gasteiger partial charge on any atom is -0.507 e. The first kappa shape index (κ1) is 21.3. The van der Waals surface area contributed by atoms with Crippen molar-refractivity contribution in [2.75, 3.05) is 5.75 Å². The molecule has 7 heteroatoms. The van der Waals surface area contributed by atoms with Gasteiger partial charge in [0.15, 0.2) is 0 Å². The molecule has 4 aromatic rings. The van der Waals surface area contributed by atoms with Crippen molar-refractivity contribution in [3.8, 4) is 34.1 Å². The number of benzene rings is 3. The molecule has 1 atom stereocenters. The van der Waals surface area contributed by atoms with Crippen LogP contribution in [0, 0.1) is 5.82 Å². The first-order chi connectivity index (χ1) is 16.1. The molecular formula is C26H21FN2O3S. The monoisotopic (exact) mass is 460 g/mol. The van der Waals surface area contributed by atoms with Crippen LogP contribution in [0.15, 0.2) is 83.0 Å². The van der Waals surface area contributed by atoms with Crippen molar-refractivity contribution < 1.29 is 18.7 Å². The minimum absolute atomic E-state index is 0.0258. The Morgan fingerprint density at radius 2 is 1.88 bits per heavy atom. The van der Waals surface area contributed by atoms with E-state index in [0.717, 1.165) is 40.8 Å². The third-order valence-corrected chi connectivity index (χ3v) is 6.39. The molecule has 0 spiro atoms. The Morgan fingerprint density at radius 1 is 1.06 bits per heavy atom. The van der Waals surface area contributed by atoms with Crippen LogP contribution in [0.2, 0.25) is 0 Å². The minimum atomic E-state index is -0.311. The number of nitrogens with zero attached hydrogens (tertiary/aromatic N) is 2. The van der Waals surface area contributed by atoms with E-state index in [-0.39, 0.29) is 17.7 Å². The van der Waals surface area contributed by atoms with Crippen LogP contribution in [0.4, 0.5) is 4.39 Å². The van der Waals surface area contributed by atoms with Crippen molar-refractivity contribution in [3.05, 3.63) is 90.3 Å². The van der Waals surface area contributed by atoms with Crippen LogP contribution in [0.1, 0.15) is 11.1 Å². The maximum Gasteiger partial charge on any atom is 0.276 e. The van der Waals surface area contributed by atoms with Crippen LogP contribution in [0.5, 0.6) is 11.5 Å². The van der Waals surface area contributed by atoms with Crippen molar-refractivity contribution in [3.63, 3.8) is 0 Å². The number of aromatic hydroxyl groups is 1. The maximum atomic E-state index is 13.1. The van der Waals surface area contributed by atoms with Gasteiger partial charge in [-0.25, -0.2) is 4.39 Å². The van der Waals surface area contributed by atoms with Gasteiger partial charge in [0, 0.05) is 23.3 Å². The summed E-state index contributed by atoms with van der Waals surface area (Å²) in [7, 11) is 0. The average Bonchev–Trinajstić information content (AvgIpc) is 3.46. The Hall–Kier alpha value is -3.58. The second kappa shape index (κ2) is 9.11. The summed E-state index contributed by atoms with van der Waals surface area (Å²) >= 11 is 1.43. The van der Waals surface area contributed by atoms with Gasteiger partial charge in [-0.2, -0.15) is 0 Å². The first-order valence-corrected chi connectivity index (χ1v) is 11.5. The predicted molar refractivity (Wildman–Crippen MR) is 126 cm³/mol. The van der Waals surface area contributed by atoms with E-state index in [2.05, 4.69) is 22.8 Å². The van der Waals surface area contributed by atoms with Gasteiger partial charge in [0.2, 0.25) is 5.89 Å². The highest BCUT2D eigenvalue weighted by Gasteiger charge is 2.25. The number of halogens is 1. The van der Waals surface area contributed by atoms with E-state index in [1.165, 1.54) is 23.9 Å². The van der Waals surface area contributed by atoms with E-state index < -0.39 is 0 Å². The second-order valence-electron chi connectivity index (χ2n) is 7.80. The van der Waals surface area contributed by atoms with Gasteiger partial charge in [0.1, 0.15) is 23.4 Å². The number of phenolic OH excluding ortho intramolecular Hbond substituents is 1. The summed E-state index contributed by atoms with van der Waals surface area (Å²) in [4.78, 5) is 0. The molecule has 0 unspecified atom stereocenters. The summed E-state index contributed by atoms with van der Waals surface area (Å²) in [6, 6.07) is 17.6. The number of aromatic nitrogens is 2. The molecule has 0 saturated carbocycles. The molecule has 33 heavy (non-hydrogen) atoms. The molecule has 0 saturated heterocycles. The van der Waals surface area contributed by atoms with Gasteiger partial charge in [0.25, 0.3) is 5.22 Å². The molecule has 5 nitrogen and oxygen atoms in total. The van der Waals surface area contributed by atoms with Crippen molar-refractivity contribution in [2.24, 2.45) is 0 Å². The molecule has 0 aliphatic carbocycles. The van der Waals surface area contributed by atoms with Gasteiger partial charge in [0.05, 0.1) is 0 Å². The Labute approximate surface area is 194 Å². The van der Waals surface area contributed by atoms with Crippen LogP contribution < -0.4 is 4.74 Å². The predicted octanol–water partition coefficient (Wildman–Crippen LogP) is 6.07. The van der Waals surface area contributed by atoms with Gasteiger partial charge in [-0.1, -0.05) is 30.0 Å². The molecule has 1 aliphatic rings. The SMILES string of the molecule is C=CCc1ccc(O)c(-c2ccc3c(c2)C[C@@H](CSc2nnc(-c4ccc(F)cc4)o2)O3)c1. The zero-order valence-corrected chi connectivity index (χ0v) is 18.5. The molecule has 5 rings (SSSR count). The lowest BCUT2D eigenvalue weighted by Crippen LogP contribution is -2.15. The zero-order valence-electron chi connectivity index (χ0n) is 17.7. The van der Waals surface area contributed by atoms with Crippen LogP contribution in [-0.4, -0.2) is 27.2 Å². The molecular weight excluding hydrogens is 439 g/mol. The number of phenols is 1. The first-order valence-electron chi connectivity index (χ1n) is 10.5. The lowest BCUT2D eigenvalue weighted by Gasteiger charge is -2.09. The molecule has 0 fully saturated rings. The van der Waals surface area contributed by atoms with Crippen molar-refractivity contribution >= 4 is 11.8 Å². The lowest BCUT2D eigenvalue weighted by molar-refractivity contribution is 0.259. The van der Waals surface area contributed by atoms with E-state index in [1.807, 2.05) is 30.3 Å². The van der Waals surface area contributed by atoms with E-state index in [9.17, 15) is 9.50 Å². The number of hydrogen-bond acceptors (Lipinski definition) is 6. The zero-order chi connectivity index (χ0) is 22.8. The third kappa shape index (κ3) is 4.64. The fraction of sp³-hybridized carbons (Fsp3) is 0.154. The van der Waals surface area contributed by atoms with Gasteiger partial charge >= 0.3 is 0 Å². The van der Waals surface area contributed by atoms with Crippen LogP contribution >= 0.6 is 11.8 Å².